The van der Waals surface area contributed by atoms with Gasteiger partial charge in [-0.3, -0.25) is 4.98 Å². The van der Waals surface area contributed by atoms with Gasteiger partial charge in [-0.1, -0.05) is 18.2 Å². The van der Waals surface area contributed by atoms with E-state index in [9.17, 15) is 0 Å². The molecule has 0 radical (unpaired) electrons. The van der Waals surface area contributed by atoms with E-state index in [4.69, 9.17) is 5.73 Å². The summed E-state index contributed by atoms with van der Waals surface area (Å²) in [7, 11) is 0. The Morgan fingerprint density at radius 2 is 2.05 bits per heavy atom. The zero-order valence-corrected chi connectivity index (χ0v) is 11.7. The average molecular weight is 268 g/mol. The van der Waals surface area contributed by atoms with Gasteiger partial charge in [0.15, 0.2) is 0 Å². The summed E-state index contributed by atoms with van der Waals surface area (Å²) in [5, 5.41) is 5.51. The zero-order chi connectivity index (χ0) is 13.2. The Morgan fingerprint density at radius 3 is 2.84 bits per heavy atom. The molecule has 0 aliphatic rings. The topological polar surface area (TPSA) is 38.9 Å². The minimum atomic E-state index is 0.0528. The molecule has 0 aliphatic carbocycles. The van der Waals surface area contributed by atoms with Crippen molar-refractivity contribution in [2.45, 2.75) is 19.4 Å². The second kappa shape index (κ2) is 5.11. The van der Waals surface area contributed by atoms with Crippen LogP contribution in [0.1, 0.15) is 22.7 Å². The molecular formula is C16H16N2S. The number of aromatic nitrogens is 1. The van der Waals surface area contributed by atoms with E-state index in [0.29, 0.717) is 0 Å². The number of thiophene rings is 1. The van der Waals surface area contributed by atoms with Gasteiger partial charge in [0.25, 0.3) is 0 Å². The molecule has 0 saturated carbocycles. The van der Waals surface area contributed by atoms with Crippen LogP contribution < -0.4 is 5.73 Å². The van der Waals surface area contributed by atoms with Crippen LogP contribution in [0, 0.1) is 6.92 Å². The molecule has 0 aliphatic heterocycles. The van der Waals surface area contributed by atoms with Crippen molar-refractivity contribution >= 4 is 22.2 Å². The molecule has 0 bridgehead atoms. The van der Waals surface area contributed by atoms with Gasteiger partial charge in [0, 0.05) is 17.6 Å². The molecule has 2 N–H and O–H groups in total. The number of benzene rings is 1. The van der Waals surface area contributed by atoms with Gasteiger partial charge in [-0.15, -0.1) is 0 Å². The highest BCUT2D eigenvalue weighted by Gasteiger charge is 2.12. The Balaban J connectivity index is 1.96. The predicted molar refractivity (Wildman–Crippen MR) is 81.4 cm³/mol. The van der Waals surface area contributed by atoms with Crippen LogP contribution in [0.25, 0.3) is 10.9 Å². The third kappa shape index (κ3) is 2.39. The molecule has 0 fully saturated rings. The first kappa shape index (κ1) is 12.3. The van der Waals surface area contributed by atoms with Gasteiger partial charge < -0.3 is 5.73 Å². The maximum atomic E-state index is 6.35. The van der Waals surface area contributed by atoms with Crippen molar-refractivity contribution in [3.8, 4) is 0 Å². The first-order chi connectivity index (χ1) is 9.25. The predicted octanol–water partition coefficient (Wildman–Crippen LogP) is 3.85. The standard InChI is InChI=1S/C16H16N2S/c1-11-9-19-10-14(11)15(17)8-12-6-7-18-16-5-3-2-4-13(12)16/h2-7,9-10,15H,8,17H2,1H3. The van der Waals surface area contributed by atoms with Gasteiger partial charge in [0.1, 0.15) is 0 Å². The highest BCUT2D eigenvalue weighted by Crippen LogP contribution is 2.25. The molecule has 1 unspecified atom stereocenters. The monoisotopic (exact) mass is 268 g/mol. The molecule has 1 aromatic carbocycles. The van der Waals surface area contributed by atoms with Crippen LogP contribution in [0.2, 0.25) is 0 Å². The number of nitrogens with zero attached hydrogens (tertiary/aromatic N) is 1. The maximum Gasteiger partial charge on any atom is 0.0704 e. The van der Waals surface area contributed by atoms with E-state index in [-0.39, 0.29) is 6.04 Å². The Kier molecular flexibility index (Phi) is 3.32. The molecule has 19 heavy (non-hydrogen) atoms. The average Bonchev–Trinajstić information content (AvgIpc) is 2.85. The number of aryl methyl sites for hydroxylation is 1. The number of nitrogens with two attached hydrogens (primary N) is 1. The molecule has 2 aromatic heterocycles. The van der Waals surface area contributed by atoms with Crippen LogP contribution in [0.4, 0.5) is 0 Å². The van der Waals surface area contributed by atoms with E-state index < -0.39 is 0 Å². The summed E-state index contributed by atoms with van der Waals surface area (Å²) >= 11 is 1.72. The minimum absolute atomic E-state index is 0.0528. The van der Waals surface area contributed by atoms with Crippen molar-refractivity contribution in [2.75, 3.05) is 0 Å². The fourth-order valence-electron chi connectivity index (χ4n) is 2.43. The second-order valence-corrected chi connectivity index (χ2v) is 5.55. The van der Waals surface area contributed by atoms with Crippen molar-refractivity contribution in [1.29, 1.82) is 0 Å². The van der Waals surface area contributed by atoms with Crippen molar-refractivity contribution in [2.24, 2.45) is 5.73 Å². The van der Waals surface area contributed by atoms with Crippen LogP contribution in [0.5, 0.6) is 0 Å². The second-order valence-electron chi connectivity index (χ2n) is 4.81. The van der Waals surface area contributed by atoms with Crippen LogP contribution in [-0.4, -0.2) is 4.98 Å². The first-order valence-corrected chi connectivity index (χ1v) is 7.31. The fraction of sp³-hybridized carbons (Fsp3) is 0.188. The van der Waals surface area contributed by atoms with Crippen molar-refractivity contribution < 1.29 is 0 Å². The fourth-order valence-corrected chi connectivity index (χ4v) is 3.35. The zero-order valence-electron chi connectivity index (χ0n) is 10.8. The molecular weight excluding hydrogens is 252 g/mol. The third-order valence-electron chi connectivity index (χ3n) is 3.47. The van der Waals surface area contributed by atoms with Crippen LogP contribution in [-0.2, 0) is 6.42 Å². The third-order valence-corrected chi connectivity index (χ3v) is 4.35. The summed E-state index contributed by atoms with van der Waals surface area (Å²) in [5.74, 6) is 0. The van der Waals surface area contributed by atoms with E-state index in [2.05, 4.69) is 40.9 Å². The first-order valence-electron chi connectivity index (χ1n) is 6.36. The summed E-state index contributed by atoms with van der Waals surface area (Å²) in [5.41, 5.74) is 11.2. The number of pyridine rings is 1. The lowest BCUT2D eigenvalue weighted by Gasteiger charge is -2.13. The number of fused-ring (bicyclic) bond motifs is 1. The van der Waals surface area contributed by atoms with E-state index in [0.717, 1.165) is 11.9 Å². The van der Waals surface area contributed by atoms with E-state index in [1.165, 1.54) is 22.1 Å². The van der Waals surface area contributed by atoms with Gasteiger partial charge in [0.2, 0.25) is 0 Å². The van der Waals surface area contributed by atoms with Crippen LogP contribution >= 0.6 is 11.3 Å². The summed E-state index contributed by atoms with van der Waals surface area (Å²) in [6.07, 6.45) is 2.71. The molecule has 3 aromatic rings. The number of rotatable bonds is 3. The molecule has 0 saturated heterocycles. The smallest absolute Gasteiger partial charge is 0.0704 e. The van der Waals surface area contributed by atoms with Gasteiger partial charge in [-0.25, -0.2) is 0 Å². The van der Waals surface area contributed by atoms with Crippen molar-refractivity contribution in [1.82, 2.24) is 4.98 Å². The van der Waals surface area contributed by atoms with Crippen LogP contribution in [0.3, 0.4) is 0 Å². The molecule has 2 heterocycles. The molecule has 3 rings (SSSR count). The van der Waals surface area contributed by atoms with E-state index >= 15 is 0 Å². The summed E-state index contributed by atoms with van der Waals surface area (Å²) in [6.45, 7) is 2.12. The van der Waals surface area contributed by atoms with Gasteiger partial charge in [-0.05, 0) is 52.9 Å². The highest BCUT2D eigenvalue weighted by atomic mass is 32.1. The van der Waals surface area contributed by atoms with E-state index in [1.807, 2.05) is 18.3 Å². The Labute approximate surface area is 116 Å². The van der Waals surface area contributed by atoms with Gasteiger partial charge in [0.05, 0.1) is 5.52 Å². The quantitative estimate of drug-likeness (QED) is 0.783. The van der Waals surface area contributed by atoms with Crippen molar-refractivity contribution in [3.63, 3.8) is 0 Å². The summed E-state index contributed by atoms with van der Waals surface area (Å²) < 4.78 is 0. The summed E-state index contributed by atoms with van der Waals surface area (Å²) in [4.78, 5) is 4.39. The molecule has 3 heteroatoms. The lowest BCUT2D eigenvalue weighted by atomic mass is 9.97. The molecule has 0 spiro atoms. The minimum Gasteiger partial charge on any atom is -0.324 e. The van der Waals surface area contributed by atoms with Crippen LogP contribution in [0.15, 0.2) is 47.3 Å². The summed E-state index contributed by atoms with van der Waals surface area (Å²) in [6, 6.07) is 10.4. The molecule has 0 amide bonds. The van der Waals surface area contributed by atoms with Gasteiger partial charge in [-0.2, -0.15) is 11.3 Å². The molecule has 96 valence electrons. The van der Waals surface area contributed by atoms with Gasteiger partial charge >= 0.3 is 0 Å². The van der Waals surface area contributed by atoms with E-state index in [1.54, 1.807) is 11.3 Å². The lowest BCUT2D eigenvalue weighted by molar-refractivity contribution is 0.723. The Bertz CT molecular complexity index is 697. The lowest BCUT2D eigenvalue weighted by Crippen LogP contribution is -2.13. The Hall–Kier alpha value is -1.71. The molecule has 1 atom stereocenters. The number of hydrogen-bond donors (Lipinski definition) is 1. The largest absolute Gasteiger partial charge is 0.324 e. The number of hydrogen-bond acceptors (Lipinski definition) is 3. The normalized spacial score (nSPS) is 12.7. The Morgan fingerprint density at radius 1 is 1.21 bits per heavy atom. The van der Waals surface area contributed by atoms with Crippen molar-refractivity contribution in [3.05, 3.63) is 64.0 Å². The maximum absolute atomic E-state index is 6.35. The highest BCUT2D eigenvalue weighted by molar-refractivity contribution is 7.08. The SMILES string of the molecule is Cc1cscc1C(N)Cc1ccnc2ccccc12. The number of para-hydroxylation sites is 1. The molecule has 2 nitrogen and oxygen atoms in total.